The van der Waals surface area contributed by atoms with Crippen LogP contribution in [0.2, 0.25) is 0 Å². The number of halogens is 3. The zero-order chi connectivity index (χ0) is 11.0. The molecule has 15 heavy (non-hydrogen) atoms. The van der Waals surface area contributed by atoms with Crippen molar-refractivity contribution in [2.24, 2.45) is 0 Å². The van der Waals surface area contributed by atoms with Gasteiger partial charge in [-0.2, -0.15) is 0 Å². The van der Waals surface area contributed by atoms with Crippen molar-refractivity contribution in [3.8, 4) is 0 Å². The van der Waals surface area contributed by atoms with Crippen LogP contribution in [0.15, 0.2) is 16.6 Å². The molecular weight excluding hydrogens is 270 g/mol. The second kappa shape index (κ2) is 4.15. The van der Waals surface area contributed by atoms with Gasteiger partial charge in [-0.05, 0) is 33.6 Å². The van der Waals surface area contributed by atoms with E-state index in [1.807, 2.05) is 0 Å². The monoisotopic (exact) mass is 278 g/mol. The lowest BCUT2D eigenvalue weighted by atomic mass is 10.1. The number of hydrogen-bond donors (Lipinski definition) is 0. The second-order valence-corrected chi connectivity index (χ2v) is 4.15. The summed E-state index contributed by atoms with van der Waals surface area (Å²) in [5, 5.41) is 0. The third-order valence-electron chi connectivity index (χ3n) is 2.25. The summed E-state index contributed by atoms with van der Waals surface area (Å²) >= 11 is 2.81. The van der Waals surface area contributed by atoms with E-state index >= 15 is 0 Å². The van der Waals surface area contributed by atoms with E-state index in [0.29, 0.717) is 12.0 Å². The van der Waals surface area contributed by atoms with E-state index in [1.165, 1.54) is 19.2 Å². The zero-order valence-corrected chi connectivity index (χ0v) is 9.55. The SMILES string of the molecule is COC1OC1Cc1cc(F)c(Br)c(F)c1. The van der Waals surface area contributed by atoms with Crippen LogP contribution in [-0.4, -0.2) is 19.5 Å². The van der Waals surface area contributed by atoms with E-state index in [0.717, 1.165) is 0 Å². The number of benzene rings is 1. The Balaban J connectivity index is 2.10. The molecule has 1 aromatic rings. The minimum absolute atomic E-state index is 0.0880. The molecule has 0 amide bonds. The van der Waals surface area contributed by atoms with Crippen LogP contribution in [0.5, 0.6) is 0 Å². The summed E-state index contributed by atoms with van der Waals surface area (Å²) in [6.45, 7) is 0. The Bertz CT molecular complexity index is 361. The molecule has 1 aromatic carbocycles. The van der Waals surface area contributed by atoms with E-state index in [1.54, 1.807) is 0 Å². The van der Waals surface area contributed by atoms with Gasteiger partial charge in [-0.3, -0.25) is 0 Å². The Labute approximate surface area is 94.3 Å². The van der Waals surface area contributed by atoms with Crippen LogP contribution in [-0.2, 0) is 15.9 Å². The molecule has 2 rings (SSSR count). The van der Waals surface area contributed by atoms with Gasteiger partial charge in [-0.15, -0.1) is 0 Å². The van der Waals surface area contributed by atoms with Gasteiger partial charge in [0.1, 0.15) is 17.7 Å². The third kappa shape index (κ3) is 2.35. The lowest BCUT2D eigenvalue weighted by Gasteiger charge is -2.01. The highest BCUT2D eigenvalue weighted by Gasteiger charge is 2.39. The van der Waals surface area contributed by atoms with Crippen molar-refractivity contribution in [1.82, 2.24) is 0 Å². The fraction of sp³-hybridized carbons (Fsp3) is 0.400. The van der Waals surface area contributed by atoms with Crippen molar-refractivity contribution in [3.05, 3.63) is 33.8 Å². The van der Waals surface area contributed by atoms with Crippen LogP contribution in [0, 0.1) is 11.6 Å². The van der Waals surface area contributed by atoms with Crippen LogP contribution >= 0.6 is 15.9 Å². The van der Waals surface area contributed by atoms with Crippen LogP contribution in [0.25, 0.3) is 0 Å². The summed E-state index contributed by atoms with van der Waals surface area (Å²) in [5.41, 5.74) is 0.567. The third-order valence-corrected chi connectivity index (χ3v) is 3.01. The fourth-order valence-electron chi connectivity index (χ4n) is 1.44. The molecule has 1 heterocycles. The van der Waals surface area contributed by atoms with Crippen molar-refractivity contribution in [2.75, 3.05) is 7.11 Å². The first-order valence-electron chi connectivity index (χ1n) is 4.43. The number of rotatable bonds is 3. The Morgan fingerprint density at radius 3 is 2.47 bits per heavy atom. The molecule has 0 saturated carbocycles. The molecule has 0 bridgehead atoms. The molecule has 0 aromatic heterocycles. The number of hydrogen-bond acceptors (Lipinski definition) is 2. The van der Waals surface area contributed by atoms with Crippen molar-refractivity contribution >= 4 is 15.9 Å². The topological polar surface area (TPSA) is 21.8 Å². The molecule has 0 spiro atoms. The largest absolute Gasteiger partial charge is 0.353 e. The van der Waals surface area contributed by atoms with E-state index in [-0.39, 0.29) is 16.9 Å². The smallest absolute Gasteiger partial charge is 0.184 e. The van der Waals surface area contributed by atoms with E-state index in [9.17, 15) is 8.78 Å². The highest BCUT2D eigenvalue weighted by molar-refractivity contribution is 9.10. The molecule has 1 fully saturated rings. The quantitative estimate of drug-likeness (QED) is 0.626. The van der Waals surface area contributed by atoms with Crippen molar-refractivity contribution < 1.29 is 18.3 Å². The Hall–Kier alpha value is -0.520. The minimum atomic E-state index is -0.598. The first-order valence-corrected chi connectivity index (χ1v) is 5.23. The predicted octanol–water partition coefficient (Wildman–Crippen LogP) is 2.64. The van der Waals surface area contributed by atoms with Gasteiger partial charge >= 0.3 is 0 Å². The molecule has 0 aliphatic carbocycles. The van der Waals surface area contributed by atoms with Crippen molar-refractivity contribution in [1.29, 1.82) is 0 Å². The molecule has 82 valence electrons. The van der Waals surface area contributed by atoms with Gasteiger partial charge < -0.3 is 9.47 Å². The molecule has 1 saturated heterocycles. The highest BCUT2D eigenvalue weighted by Crippen LogP contribution is 2.28. The standard InChI is InChI=1S/C10H9BrF2O2/c1-14-10-8(15-10)4-5-2-6(12)9(11)7(13)3-5/h2-3,8,10H,4H2,1H3. The van der Waals surface area contributed by atoms with Crippen LogP contribution in [0.3, 0.4) is 0 Å². The van der Waals surface area contributed by atoms with Gasteiger partial charge in [0.2, 0.25) is 0 Å². The summed E-state index contributed by atoms with van der Waals surface area (Å²) < 4.78 is 36.1. The number of methoxy groups -OCH3 is 1. The van der Waals surface area contributed by atoms with Crippen molar-refractivity contribution in [2.45, 2.75) is 18.8 Å². The van der Waals surface area contributed by atoms with Gasteiger partial charge in [0.05, 0.1) is 4.47 Å². The average Bonchev–Trinajstić information content (AvgIpc) is 2.93. The average molecular weight is 279 g/mol. The molecular formula is C10H9BrF2O2. The second-order valence-electron chi connectivity index (χ2n) is 3.36. The number of epoxide rings is 1. The van der Waals surface area contributed by atoms with Gasteiger partial charge in [-0.25, -0.2) is 8.78 Å². The van der Waals surface area contributed by atoms with E-state index in [4.69, 9.17) is 9.47 Å². The number of ether oxygens (including phenoxy) is 2. The van der Waals surface area contributed by atoms with Crippen LogP contribution in [0.4, 0.5) is 8.78 Å². The van der Waals surface area contributed by atoms with Crippen molar-refractivity contribution in [3.63, 3.8) is 0 Å². The summed E-state index contributed by atoms with van der Waals surface area (Å²) in [6, 6.07) is 2.59. The Morgan fingerprint density at radius 2 is 2.00 bits per heavy atom. The lowest BCUT2D eigenvalue weighted by molar-refractivity contribution is 0.0950. The molecule has 0 radical (unpaired) electrons. The summed E-state index contributed by atoms with van der Waals surface area (Å²) in [4.78, 5) is 0. The first kappa shape index (κ1) is 11.0. The summed E-state index contributed by atoms with van der Waals surface area (Å²) in [6.07, 6.45) is 0.134. The molecule has 1 aliphatic rings. The van der Waals surface area contributed by atoms with Gasteiger partial charge in [0, 0.05) is 13.5 Å². The Kier molecular flexibility index (Phi) is 3.04. The summed E-state index contributed by atoms with van der Waals surface area (Å²) in [5.74, 6) is -1.20. The normalized spacial score (nSPS) is 24.3. The molecule has 2 unspecified atom stereocenters. The van der Waals surface area contributed by atoms with Crippen LogP contribution < -0.4 is 0 Å². The molecule has 2 atom stereocenters. The minimum Gasteiger partial charge on any atom is -0.353 e. The maximum Gasteiger partial charge on any atom is 0.184 e. The fourth-order valence-corrected chi connectivity index (χ4v) is 1.67. The predicted molar refractivity (Wildman–Crippen MR) is 53.4 cm³/mol. The first-order chi connectivity index (χ1) is 7.11. The Morgan fingerprint density at radius 1 is 1.40 bits per heavy atom. The highest BCUT2D eigenvalue weighted by atomic mass is 79.9. The maximum absolute atomic E-state index is 13.1. The van der Waals surface area contributed by atoms with Crippen LogP contribution in [0.1, 0.15) is 5.56 Å². The maximum atomic E-state index is 13.1. The molecule has 5 heteroatoms. The summed E-state index contributed by atoms with van der Waals surface area (Å²) in [7, 11) is 1.54. The van der Waals surface area contributed by atoms with E-state index < -0.39 is 11.6 Å². The lowest BCUT2D eigenvalue weighted by Crippen LogP contribution is -2.01. The van der Waals surface area contributed by atoms with E-state index in [2.05, 4.69) is 15.9 Å². The zero-order valence-electron chi connectivity index (χ0n) is 7.97. The van der Waals surface area contributed by atoms with Gasteiger partial charge in [-0.1, -0.05) is 0 Å². The van der Waals surface area contributed by atoms with Gasteiger partial charge in [0.25, 0.3) is 0 Å². The van der Waals surface area contributed by atoms with Gasteiger partial charge in [0.15, 0.2) is 6.29 Å². The molecule has 2 nitrogen and oxygen atoms in total. The molecule has 1 aliphatic heterocycles. The molecule has 0 N–H and O–H groups in total.